The average molecular weight is 353 g/mol. The van der Waals surface area contributed by atoms with Crippen LogP contribution in [0.2, 0.25) is 0 Å². The summed E-state index contributed by atoms with van der Waals surface area (Å²) < 4.78 is 11.1. The van der Waals surface area contributed by atoms with Crippen LogP contribution >= 0.6 is 11.6 Å². The van der Waals surface area contributed by atoms with Crippen molar-refractivity contribution in [1.29, 1.82) is 0 Å². The second-order valence-corrected chi connectivity index (χ2v) is 5.86. The van der Waals surface area contributed by atoms with Crippen molar-refractivity contribution in [2.45, 2.75) is 0 Å². The van der Waals surface area contributed by atoms with E-state index in [2.05, 4.69) is 9.97 Å². The number of furan rings is 1. The molecule has 1 N–H and O–H groups in total. The van der Waals surface area contributed by atoms with E-state index in [0.717, 1.165) is 5.39 Å². The maximum Gasteiger partial charge on any atom is 0.259 e. The van der Waals surface area contributed by atoms with Crippen LogP contribution in [0.5, 0.6) is 5.75 Å². The van der Waals surface area contributed by atoms with Gasteiger partial charge in [0, 0.05) is 11.5 Å². The van der Waals surface area contributed by atoms with E-state index in [1.165, 1.54) is 0 Å². The zero-order chi connectivity index (χ0) is 17.4. The van der Waals surface area contributed by atoms with Gasteiger partial charge in [0.2, 0.25) is 0 Å². The Morgan fingerprint density at radius 2 is 2.08 bits per heavy atom. The first-order valence-corrected chi connectivity index (χ1v) is 7.96. The molecule has 6 heteroatoms. The number of nitrogens with one attached hydrogen (secondary N) is 1. The molecule has 0 atom stereocenters. The van der Waals surface area contributed by atoms with Crippen LogP contribution in [-0.2, 0) is 0 Å². The Kier molecular flexibility index (Phi) is 3.78. The van der Waals surface area contributed by atoms with Crippen LogP contribution in [-0.4, -0.2) is 17.1 Å². The van der Waals surface area contributed by atoms with E-state index in [1.807, 2.05) is 30.3 Å². The molecule has 2 aromatic heterocycles. The molecular weight excluding hydrogens is 340 g/mol. The minimum Gasteiger partial charge on any atom is -0.493 e. The summed E-state index contributed by atoms with van der Waals surface area (Å²) in [6, 6.07) is 14.6. The highest BCUT2D eigenvalue weighted by Crippen LogP contribution is 2.30. The Morgan fingerprint density at radius 1 is 1.24 bits per heavy atom. The van der Waals surface area contributed by atoms with Crippen LogP contribution in [0.3, 0.4) is 0 Å². The summed E-state index contributed by atoms with van der Waals surface area (Å²) in [6.07, 6.45) is 1.62. The number of fused-ring (bicyclic) bond motifs is 2. The molecule has 0 spiro atoms. The predicted octanol–water partition coefficient (Wildman–Crippen LogP) is 4.41. The summed E-state index contributed by atoms with van der Waals surface area (Å²) in [6.45, 7) is 0. The first-order chi connectivity index (χ1) is 12.2. The third kappa shape index (κ3) is 2.79. The van der Waals surface area contributed by atoms with Gasteiger partial charge in [-0.15, -0.1) is 0 Å². The fourth-order valence-electron chi connectivity index (χ4n) is 2.68. The molecule has 0 aliphatic heterocycles. The van der Waals surface area contributed by atoms with Crippen molar-refractivity contribution in [1.82, 2.24) is 9.97 Å². The van der Waals surface area contributed by atoms with Crippen molar-refractivity contribution in [3.8, 4) is 5.75 Å². The summed E-state index contributed by atoms with van der Waals surface area (Å²) in [5.41, 5.74) is 0.984. The number of aromatic nitrogens is 2. The van der Waals surface area contributed by atoms with Crippen molar-refractivity contribution >= 4 is 44.6 Å². The summed E-state index contributed by atoms with van der Waals surface area (Å²) in [7, 11) is 1.59. The predicted molar refractivity (Wildman–Crippen MR) is 98.9 cm³/mol. The van der Waals surface area contributed by atoms with Gasteiger partial charge in [-0.05, 0) is 24.3 Å². The molecule has 0 radical (unpaired) electrons. The SMILES string of the molecule is COc1cccc2cc(/C=C(\Cl)c3nc4ccccc4c(=O)[nH]3)oc12. The summed E-state index contributed by atoms with van der Waals surface area (Å²) in [4.78, 5) is 19.3. The van der Waals surface area contributed by atoms with Crippen molar-refractivity contribution in [2.24, 2.45) is 0 Å². The van der Waals surface area contributed by atoms with E-state index < -0.39 is 0 Å². The van der Waals surface area contributed by atoms with E-state index in [9.17, 15) is 4.79 Å². The quantitative estimate of drug-likeness (QED) is 0.592. The molecular formula is C19H13ClN2O3. The second kappa shape index (κ2) is 6.11. The van der Waals surface area contributed by atoms with Crippen molar-refractivity contribution in [3.63, 3.8) is 0 Å². The largest absolute Gasteiger partial charge is 0.493 e. The lowest BCUT2D eigenvalue weighted by atomic mass is 10.2. The zero-order valence-corrected chi connectivity index (χ0v) is 14.0. The lowest BCUT2D eigenvalue weighted by Crippen LogP contribution is -2.10. The monoisotopic (exact) mass is 352 g/mol. The molecule has 0 fully saturated rings. The first kappa shape index (κ1) is 15.5. The van der Waals surface area contributed by atoms with Crippen LogP contribution in [0.15, 0.2) is 57.7 Å². The molecule has 0 saturated heterocycles. The number of para-hydroxylation sites is 2. The Bertz CT molecular complexity index is 1170. The average Bonchev–Trinajstić information content (AvgIpc) is 3.04. The molecule has 25 heavy (non-hydrogen) atoms. The van der Waals surface area contributed by atoms with E-state index >= 15 is 0 Å². The maximum atomic E-state index is 12.2. The van der Waals surface area contributed by atoms with E-state index in [1.54, 1.807) is 31.4 Å². The summed E-state index contributed by atoms with van der Waals surface area (Å²) in [5.74, 6) is 1.48. The summed E-state index contributed by atoms with van der Waals surface area (Å²) >= 11 is 6.35. The minimum absolute atomic E-state index is 0.238. The lowest BCUT2D eigenvalue weighted by molar-refractivity contribution is 0.410. The van der Waals surface area contributed by atoms with Gasteiger partial charge < -0.3 is 14.1 Å². The molecule has 2 aromatic carbocycles. The van der Waals surface area contributed by atoms with Gasteiger partial charge in [0.15, 0.2) is 17.2 Å². The van der Waals surface area contributed by atoms with Gasteiger partial charge in [-0.25, -0.2) is 4.98 Å². The van der Waals surface area contributed by atoms with Gasteiger partial charge in [0.05, 0.1) is 23.0 Å². The lowest BCUT2D eigenvalue weighted by Gasteiger charge is -2.01. The molecule has 4 aromatic rings. The molecule has 0 amide bonds. The molecule has 0 aliphatic rings. The minimum atomic E-state index is -0.238. The fraction of sp³-hybridized carbons (Fsp3) is 0.0526. The third-order valence-electron chi connectivity index (χ3n) is 3.86. The van der Waals surface area contributed by atoms with Gasteiger partial charge in [0.25, 0.3) is 5.56 Å². The molecule has 5 nitrogen and oxygen atoms in total. The number of rotatable bonds is 3. The van der Waals surface area contributed by atoms with Crippen LogP contribution in [0.25, 0.3) is 33.0 Å². The highest BCUT2D eigenvalue weighted by Gasteiger charge is 2.10. The Morgan fingerprint density at radius 3 is 2.92 bits per heavy atom. The van der Waals surface area contributed by atoms with Crippen LogP contribution in [0.1, 0.15) is 11.6 Å². The Balaban J connectivity index is 1.80. The summed E-state index contributed by atoms with van der Waals surface area (Å²) in [5, 5.41) is 1.69. The van der Waals surface area contributed by atoms with E-state index in [-0.39, 0.29) is 16.4 Å². The molecule has 0 aliphatic carbocycles. The van der Waals surface area contributed by atoms with Gasteiger partial charge in [-0.2, -0.15) is 0 Å². The van der Waals surface area contributed by atoms with E-state index in [0.29, 0.717) is 28.0 Å². The number of H-pyrrole nitrogens is 1. The Hall–Kier alpha value is -3.05. The number of hydrogen-bond acceptors (Lipinski definition) is 4. The number of methoxy groups -OCH3 is 1. The highest BCUT2D eigenvalue weighted by atomic mass is 35.5. The Labute approximate surface area is 147 Å². The number of halogens is 1. The first-order valence-electron chi connectivity index (χ1n) is 7.59. The van der Waals surface area contributed by atoms with Gasteiger partial charge in [-0.3, -0.25) is 4.79 Å². The number of aromatic amines is 1. The molecule has 0 saturated carbocycles. The normalized spacial score (nSPS) is 12.0. The number of hydrogen-bond donors (Lipinski definition) is 1. The second-order valence-electron chi connectivity index (χ2n) is 5.45. The van der Waals surface area contributed by atoms with Crippen LogP contribution < -0.4 is 10.3 Å². The van der Waals surface area contributed by atoms with Crippen molar-refractivity contribution in [2.75, 3.05) is 7.11 Å². The molecule has 0 unspecified atom stereocenters. The molecule has 0 bridgehead atoms. The van der Waals surface area contributed by atoms with Crippen molar-refractivity contribution < 1.29 is 9.15 Å². The standard InChI is InChI=1S/C19H13ClN2O3/c1-24-16-8-4-5-11-9-12(25-17(11)16)10-14(20)18-21-15-7-3-2-6-13(15)19(23)22-18/h2-10H,1H3,(H,21,22,23)/b14-10-. The van der Waals surface area contributed by atoms with Crippen LogP contribution in [0.4, 0.5) is 0 Å². The topological polar surface area (TPSA) is 68.1 Å². The van der Waals surface area contributed by atoms with E-state index in [4.69, 9.17) is 20.8 Å². The molecule has 2 heterocycles. The van der Waals surface area contributed by atoms with Gasteiger partial charge in [-0.1, -0.05) is 35.9 Å². The molecule has 124 valence electrons. The smallest absolute Gasteiger partial charge is 0.259 e. The zero-order valence-electron chi connectivity index (χ0n) is 13.2. The maximum absolute atomic E-state index is 12.2. The third-order valence-corrected chi connectivity index (χ3v) is 4.14. The highest BCUT2D eigenvalue weighted by molar-refractivity contribution is 6.50. The van der Waals surface area contributed by atoms with Gasteiger partial charge in [0.1, 0.15) is 5.76 Å². The van der Waals surface area contributed by atoms with Crippen molar-refractivity contribution in [3.05, 3.63) is 70.5 Å². The van der Waals surface area contributed by atoms with Crippen LogP contribution in [0, 0.1) is 0 Å². The number of nitrogens with zero attached hydrogens (tertiary/aromatic N) is 1. The number of ether oxygens (including phenoxy) is 1. The number of benzene rings is 2. The molecule has 4 rings (SSSR count). The van der Waals surface area contributed by atoms with Gasteiger partial charge >= 0.3 is 0 Å². The fourth-order valence-corrected chi connectivity index (χ4v) is 2.88.